The summed E-state index contributed by atoms with van der Waals surface area (Å²) in [5.74, 6) is 0.945. The van der Waals surface area contributed by atoms with Gasteiger partial charge in [0, 0.05) is 0 Å². The van der Waals surface area contributed by atoms with Gasteiger partial charge in [0.05, 0.1) is 0 Å². The monoisotopic (exact) mass is 217 g/mol. The van der Waals surface area contributed by atoms with E-state index in [4.69, 9.17) is 0 Å². The normalized spacial score (nSPS) is 17.6. The van der Waals surface area contributed by atoms with E-state index < -0.39 is 0 Å². The number of piperidine rings is 1. The second-order valence-corrected chi connectivity index (χ2v) is 5.10. The molecule has 0 amide bonds. The summed E-state index contributed by atoms with van der Waals surface area (Å²) in [6.45, 7) is 6.92. The third-order valence-electron chi connectivity index (χ3n) is 3.91. The number of hydrogen-bond donors (Lipinski definition) is 1. The SMILES string of the molecule is Cc1cccc(C)c1CCC1CCNCC1. The summed E-state index contributed by atoms with van der Waals surface area (Å²) in [6, 6.07) is 6.65. The molecule has 0 spiro atoms. The largest absolute Gasteiger partial charge is 0.317 e. The molecule has 1 aliphatic heterocycles. The van der Waals surface area contributed by atoms with Crippen LogP contribution in [-0.2, 0) is 6.42 Å². The Morgan fingerprint density at radius 2 is 1.75 bits per heavy atom. The van der Waals surface area contributed by atoms with E-state index in [0.29, 0.717) is 0 Å². The maximum atomic E-state index is 3.44. The van der Waals surface area contributed by atoms with Crippen molar-refractivity contribution >= 4 is 0 Å². The lowest BCUT2D eigenvalue weighted by molar-refractivity contribution is 0.354. The first-order chi connectivity index (χ1) is 7.77. The van der Waals surface area contributed by atoms with Crippen molar-refractivity contribution in [1.29, 1.82) is 0 Å². The highest BCUT2D eigenvalue weighted by Gasteiger charge is 2.13. The van der Waals surface area contributed by atoms with Crippen LogP contribution < -0.4 is 5.32 Å². The molecule has 1 N–H and O–H groups in total. The Labute approximate surface area is 99.3 Å². The van der Waals surface area contributed by atoms with Crippen LogP contribution in [0.3, 0.4) is 0 Å². The average molecular weight is 217 g/mol. The highest BCUT2D eigenvalue weighted by Crippen LogP contribution is 2.22. The van der Waals surface area contributed by atoms with Gasteiger partial charge in [0.25, 0.3) is 0 Å². The molecule has 0 bridgehead atoms. The van der Waals surface area contributed by atoms with Crippen molar-refractivity contribution in [3.05, 3.63) is 34.9 Å². The van der Waals surface area contributed by atoms with E-state index in [1.165, 1.54) is 49.9 Å². The molecule has 0 aliphatic carbocycles. The fourth-order valence-electron chi connectivity index (χ4n) is 2.76. The summed E-state index contributed by atoms with van der Waals surface area (Å²) in [5, 5.41) is 3.44. The van der Waals surface area contributed by atoms with Crippen molar-refractivity contribution in [2.45, 2.75) is 39.5 Å². The van der Waals surface area contributed by atoms with E-state index in [2.05, 4.69) is 37.4 Å². The van der Waals surface area contributed by atoms with Gasteiger partial charge in [-0.05, 0) is 75.2 Å². The molecule has 1 aromatic rings. The minimum atomic E-state index is 0.945. The van der Waals surface area contributed by atoms with Crippen molar-refractivity contribution in [2.75, 3.05) is 13.1 Å². The fraction of sp³-hybridized carbons (Fsp3) is 0.600. The van der Waals surface area contributed by atoms with Crippen LogP contribution >= 0.6 is 0 Å². The Morgan fingerprint density at radius 1 is 1.12 bits per heavy atom. The van der Waals surface area contributed by atoms with Crippen molar-refractivity contribution in [3.8, 4) is 0 Å². The van der Waals surface area contributed by atoms with E-state index in [-0.39, 0.29) is 0 Å². The summed E-state index contributed by atoms with van der Waals surface area (Å²) in [6.07, 6.45) is 5.37. The molecule has 88 valence electrons. The maximum Gasteiger partial charge on any atom is -0.00463 e. The minimum absolute atomic E-state index is 0.945. The molecule has 0 saturated carbocycles. The van der Waals surface area contributed by atoms with Crippen molar-refractivity contribution in [2.24, 2.45) is 5.92 Å². The highest BCUT2D eigenvalue weighted by molar-refractivity contribution is 5.33. The van der Waals surface area contributed by atoms with Crippen LogP contribution in [0.25, 0.3) is 0 Å². The Bertz CT molecular complexity index is 317. The third kappa shape index (κ3) is 2.85. The summed E-state index contributed by atoms with van der Waals surface area (Å²) in [5.41, 5.74) is 4.52. The van der Waals surface area contributed by atoms with Crippen LogP contribution in [0.15, 0.2) is 18.2 Å². The molecule has 16 heavy (non-hydrogen) atoms. The second kappa shape index (κ2) is 5.49. The zero-order valence-corrected chi connectivity index (χ0v) is 10.6. The first-order valence-corrected chi connectivity index (χ1v) is 6.53. The van der Waals surface area contributed by atoms with E-state index in [1.807, 2.05) is 0 Å². The molecule has 1 aliphatic rings. The quantitative estimate of drug-likeness (QED) is 0.819. The molecule has 0 unspecified atom stereocenters. The van der Waals surface area contributed by atoms with Gasteiger partial charge in [0.15, 0.2) is 0 Å². The smallest absolute Gasteiger partial charge is 0.00463 e. The molecule has 1 fully saturated rings. The number of benzene rings is 1. The molecule has 1 nitrogen and oxygen atoms in total. The first-order valence-electron chi connectivity index (χ1n) is 6.53. The number of hydrogen-bond acceptors (Lipinski definition) is 1. The van der Waals surface area contributed by atoms with Crippen molar-refractivity contribution < 1.29 is 0 Å². The van der Waals surface area contributed by atoms with Crippen LogP contribution in [0.4, 0.5) is 0 Å². The second-order valence-electron chi connectivity index (χ2n) is 5.10. The average Bonchev–Trinajstić information content (AvgIpc) is 2.30. The summed E-state index contributed by atoms with van der Waals surface area (Å²) < 4.78 is 0. The number of aryl methyl sites for hydroxylation is 2. The van der Waals surface area contributed by atoms with Gasteiger partial charge >= 0.3 is 0 Å². The molecular weight excluding hydrogens is 194 g/mol. The van der Waals surface area contributed by atoms with Crippen LogP contribution in [0, 0.1) is 19.8 Å². The Morgan fingerprint density at radius 3 is 2.38 bits per heavy atom. The Hall–Kier alpha value is -0.820. The zero-order chi connectivity index (χ0) is 11.4. The van der Waals surface area contributed by atoms with Gasteiger partial charge in [-0.15, -0.1) is 0 Å². The lowest BCUT2D eigenvalue weighted by Gasteiger charge is -2.23. The predicted octanol–water partition coefficient (Wildman–Crippen LogP) is 3.24. The molecule has 0 radical (unpaired) electrons. The molecule has 0 aromatic heterocycles. The van der Waals surface area contributed by atoms with Crippen LogP contribution in [0.1, 0.15) is 36.0 Å². The minimum Gasteiger partial charge on any atom is -0.317 e. The van der Waals surface area contributed by atoms with Gasteiger partial charge in [-0.25, -0.2) is 0 Å². The Kier molecular flexibility index (Phi) is 4.00. The van der Waals surface area contributed by atoms with E-state index in [0.717, 1.165) is 5.92 Å². The number of rotatable bonds is 3. The molecule has 2 rings (SSSR count). The maximum absolute atomic E-state index is 3.44. The van der Waals surface area contributed by atoms with Gasteiger partial charge in [-0.1, -0.05) is 18.2 Å². The van der Waals surface area contributed by atoms with Gasteiger partial charge in [0.1, 0.15) is 0 Å². The summed E-state index contributed by atoms with van der Waals surface area (Å²) in [7, 11) is 0. The van der Waals surface area contributed by atoms with Gasteiger partial charge in [-0.3, -0.25) is 0 Å². The van der Waals surface area contributed by atoms with E-state index >= 15 is 0 Å². The molecule has 1 heterocycles. The first kappa shape index (κ1) is 11.7. The summed E-state index contributed by atoms with van der Waals surface area (Å²) >= 11 is 0. The molecular formula is C15H23N. The molecule has 0 atom stereocenters. The van der Waals surface area contributed by atoms with E-state index in [9.17, 15) is 0 Å². The van der Waals surface area contributed by atoms with Gasteiger partial charge in [-0.2, -0.15) is 0 Å². The topological polar surface area (TPSA) is 12.0 Å². The number of nitrogens with one attached hydrogen (secondary N) is 1. The van der Waals surface area contributed by atoms with E-state index in [1.54, 1.807) is 5.56 Å². The van der Waals surface area contributed by atoms with Crippen LogP contribution in [-0.4, -0.2) is 13.1 Å². The summed E-state index contributed by atoms with van der Waals surface area (Å²) in [4.78, 5) is 0. The molecule has 1 aromatic carbocycles. The lowest BCUT2D eigenvalue weighted by atomic mass is 9.89. The molecule has 1 saturated heterocycles. The van der Waals surface area contributed by atoms with Gasteiger partial charge in [0.2, 0.25) is 0 Å². The Balaban J connectivity index is 1.93. The predicted molar refractivity (Wildman–Crippen MR) is 69.8 cm³/mol. The molecule has 1 heteroatoms. The van der Waals surface area contributed by atoms with Crippen molar-refractivity contribution in [3.63, 3.8) is 0 Å². The van der Waals surface area contributed by atoms with Crippen LogP contribution in [0.2, 0.25) is 0 Å². The fourth-order valence-corrected chi connectivity index (χ4v) is 2.76. The highest BCUT2D eigenvalue weighted by atomic mass is 14.9. The standard InChI is InChI=1S/C15H23N/c1-12-4-3-5-13(2)15(12)7-6-14-8-10-16-11-9-14/h3-5,14,16H,6-11H2,1-2H3. The third-order valence-corrected chi connectivity index (χ3v) is 3.91. The van der Waals surface area contributed by atoms with Crippen molar-refractivity contribution in [1.82, 2.24) is 5.32 Å². The van der Waals surface area contributed by atoms with Gasteiger partial charge < -0.3 is 5.32 Å². The lowest BCUT2D eigenvalue weighted by Crippen LogP contribution is -2.27. The van der Waals surface area contributed by atoms with Crippen LogP contribution in [0.5, 0.6) is 0 Å². The zero-order valence-electron chi connectivity index (χ0n) is 10.6.